The van der Waals surface area contributed by atoms with Crippen LogP contribution in [0.15, 0.2) is 39.8 Å². The van der Waals surface area contributed by atoms with Crippen molar-refractivity contribution >= 4 is 42.2 Å². The molecule has 2 aromatic heterocycles. The van der Waals surface area contributed by atoms with Gasteiger partial charge in [0.25, 0.3) is 5.56 Å². The Kier molecular flexibility index (Phi) is 7.89. The summed E-state index contributed by atoms with van der Waals surface area (Å²) >= 11 is 1.84. The van der Waals surface area contributed by atoms with Crippen LogP contribution in [0.5, 0.6) is 0 Å². The molecule has 4 rings (SSSR count). The summed E-state index contributed by atoms with van der Waals surface area (Å²) in [5.74, 6) is 2.01. The number of anilines is 2. The van der Waals surface area contributed by atoms with Crippen molar-refractivity contribution in [1.29, 1.82) is 0 Å². The molecular weight excluding hydrogens is 456 g/mol. The zero-order valence-electron chi connectivity index (χ0n) is 19.5. The fourth-order valence-corrected chi connectivity index (χ4v) is 5.47. The minimum absolute atomic E-state index is 0.0661. The van der Waals surface area contributed by atoms with Gasteiger partial charge in [0.2, 0.25) is 0 Å². The predicted molar refractivity (Wildman–Crippen MR) is 135 cm³/mol. The molecule has 0 amide bonds. The number of hydrogen-bond donors (Lipinski definition) is 1. The second kappa shape index (κ2) is 10.9. The van der Waals surface area contributed by atoms with Gasteiger partial charge in [0.1, 0.15) is 18.8 Å². The van der Waals surface area contributed by atoms with E-state index >= 15 is 0 Å². The molecule has 0 spiro atoms. The van der Waals surface area contributed by atoms with E-state index in [9.17, 15) is 4.79 Å². The number of nitrogens with one attached hydrogen (secondary N) is 1. The molecule has 1 aliphatic rings. The highest BCUT2D eigenvalue weighted by Crippen LogP contribution is 2.26. The molecule has 178 valence electrons. The first-order valence-corrected chi connectivity index (χ1v) is 16.1. The van der Waals surface area contributed by atoms with Crippen LogP contribution in [-0.2, 0) is 22.0 Å². The monoisotopic (exact) mass is 488 g/mol. The van der Waals surface area contributed by atoms with Crippen molar-refractivity contribution in [2.45, 2.75) is 56.3 Å². The van der Waals surface area contributed by atoms with E-state index in [1.807, 2.05) is 23.9 Å². The van der Waals surface area contributed by atoms with Gasteiger partial charge in [-0.2, -0.15) is 11.8 Å². The SMILES string of the molecule is C[Si](C)(C)CCOCn1c(CSC2CCOCC2)nc2cc(Nc3ccon3)ccc2c1=O. The van der Waals surface area contributed by atoms with Gasteiger partial charge in [-0.25, -0.2) is 4.98 Å². The van der Waals surface area contributed by atoms with Crippen molar-refractivity contribution in [2.75, 3.05) is 25.1 Å². The molecular formula is C23H32N4O4SSi. The summed E-state index contributed by atoms with van der Waals surface area (Å²) < 4.78 is 18.0. The van der Waals surface area contributed by atoms with Gasteiger partial charge >= 0.3 is 0 Å². The fourth-order valence-electron chi connectivity index (χ4n) is 3.58. The molecule has 0 bridgehead atoms. The molecule has 33 heavy (non-hydrogen) atoms. The Morgan fingerprint density at radius 3 is 2.79 bits per heavy atom. The lowest BCUT2D eigenvalue weighted by molar-refractivity contribution is 0.0827. The average molecular weight is 489 g/mol. The summed E-state index contributed by atoms with van der Waals surface area (Å²) in [6, 6.07) is 8.34. The van der Waals surface area contributed by atoms with Crippen LogP contribution < -0.4 is 10.9 Å². The van der Waals surface area contributed by atoms with E-state index in [-0.39, 0.29) is 12.3 Å². The number of aromatic nitrogens is 3. The second-order valence-corrected chi connectivity index (χ2v) is 16.4. The minimum atomic E-state index is -1.20. The minimum Gasteiger partial charge on any atom is -0.381 e. The van der Waals surface area contributed by atoms with Crippen LogP contribution >= 0.6 is 11.8 Å². The zero-order chi connectivity index (χ0) is 23.3. The molecule has 3 heterocycles. The third-order valence-electron chi connectivity index (χ3n) is 5.58. The van der Waals surface area contributed by atoms with Crippen LogP contribution in [0.1, 0.15) is 18.7 Å². The molecule has 1 N–H and O–H groups in total. The van der Waals surface area contributed by atoms with Crippen LogP contribution in [0.2, 0.25) is 25.7 Å². The summed E-state index contributed by atoms with van der Waals surface area (Å²) in [5, 5.41) is 8.16. The number of thioether (sulfide) groups is 1. The summed E-state index contributed by atoms with van der Waals surface area (Å²) in [6.07, 6.45) is 3.57. The van der Waals surface area contributed by atoms with Crippen molar-refractivity contribution in [3.63, 3.8) is 0 Å². The number of hydrogen-bond acceptors (Lipinski definition) is 8. The van der Waals surface area contributed by atoms with Gasteiger partial charge in [0.15, 0.2) is 5.82 Å². The third-order valence-corrected chi connectivity index (χ3v) is 8.65. The predicted octanol–water partition coefficient (Wildman–Crippen LogP) is 4.85. The molecule has 3 aromatic rings. The summed E-state index contributed by atoms with van der Waals surface area (Å²) in [6.45, 7) is 9.45. The van der Waals surface area contributed by atoms with Crippen molar-refractivity contribution in [2.24, 2.45) is 0 Å². The largest absolute Gasteiger partial charge is 0.381 e. The number of nitrogens with zero attached hydrogens (tertiary/aromatic N) is 3. The molecule has 1 fully saturated rings. The Labute approximate surface area is 199 Å². The highest BCUT2D eigenvalue weighted by molar-refractivity contribution is 7.99. The Morgan fingerprint density at radius 1 is 1.24 bits per heavy atom. The van der Waals surface area contributed by atoms with Gasteiger partial charge in [-0.1, -0.05) is 24.8 Å². The van der Waals surface area contributed by atoms with E-state index in [0.717, 1.165) is 43.6 Å². The molecule has 0 aliphatic carbocycles. The molecule has 0 radical (unpaired) electrons. The van der Waals surface area contributed by atoms with Crippen molar-refractivity contribution < 1.29 is 14.0 Å². The zero-order valence-corrected chi connectivity index (χ0v) is 21.3. The van der Waals surface area contributed by atoms with Gasteiger partial charge in [0.05, 0.1) is 16.7 Å². The van der Waals surface area contributed by atoms with Crippen LogP contribution in [-0.4, -0.2) is 47.9 Å². The van der Waals surface area contributed by atoms with E-state index in [1.54, 1.807) is 16.7 Å². The Morgan fingerprint density at radius 2 is 2.06 bits per heavy atom. The van der Waals surface area contributed by atoms with Crippen LogP contribution in [0, 0.1) is 0 Å². The molecule has 0 saturated carbocycles. The number of fused-ring (bicyclic) bond motifs is 1. The maximum Gasteiger partial charge on any atom is 0.263 e. The summed E-state index contributed by atoms with van der Waals surface area (Å²) in [7, 11) is -1.20. The fraction of sp³-hybridized carbons (Fsp3) is 0.522. The van der Waals surface area contributed by atoms with Crippen LogP contribution in [0.4, 0.5) is 11.5 Å². The summed E-state index contributed by atoms with van der Waals surface area (Å²) in [4.78, 5) is 18.3. The average Bonchev–Trinajstić information content (AvgIpc) is 3.29. The summed E-state index contributed by atoms with van der Waals surface area (Å²) in [5.41, 5.74) is 1.40. The Balaban J connectivity index is 1.58. The maximum absolute atomic E-state index is 13.4. The quantitative estimate of drug-likeness (QED) is 0.320. The van der Waals surface area contributed by atoms with E-state index in [4.69, 9.17) is 19.0 Å². The molecule has 8 nitrogen and oxygen atoms in total. The molecule has 1 aromatic carbocycles. The van der Waals surface area contributed by atoms with Crippen LogP contribution in [0.3, 0.4) is 0 Å². The molecule has 1 aliphatic heterocycles. The van der Waals surface area contributed by atoms with E-state index in [1.165, 1.54) is 6.26 Å². The van der Waals surface area contributed by atoms with E-state index < -0.39 is 8.07 Å². The highest BCUT2D eigenvalue weighted by Gasteiger charge is 2.18. The van der Waals surface area contributed by atoms with E-state index in [0.29, 0.717) is 34.3 Å². The molecule has 10 heteroatoms. The number of benzene rings is 1. The maximum atomic E-state index is 13.4. The van der Waals surface area contributed by atoms with Crippen molar-refractivity contribution in [3.05, 3.63) is 46.7 Å². The molecule has 0 atom stereocenters. The topological polar surface area (TPSA) is 91.4 Å². The first-order valence-electron chi connectivity index (χ1n) is 11.4. The lowest BCUT2D eigenvalue weighted by Gasteiger charge is -2.22. The van der Waals surface area contributed by atoms with Gasteiger partial charge in [-0.05, 0) is 37.1 Å². The van der Waals surface area contributed by atoms with Crippen molar-refractivity contribution in [1.82, 2.24) is 14.7 Å². The van der Waals surface area contributed by atoms with Gasteiger partial charge < -0.3 is 19.3 Å². The molecule has 1 saturated heterocycles. The smallest absolute Gasteiger partial charge is 0.263 e. The van der Waals surface area contributed by atoms with Crippen LogP contribution in [0.25, 0.3) is 10.9 Å². The normalized spacial score (nSPS) is 15.2. The first-order chi connectivity index (χ1) is 15.9. The van der Waals surface area contributed by atoms with Gasteiger partial charge in [-0.15, -0.1) is 0 Å². The highest BCUT2D eigenvalue weighted by atomic mass is 32.2. The van der Waals surface area contributed by atoms with Gasteiger partial charge in [-0.3, -0.25) is 9.36 Å². The van der Waals surface area contributed by atoms with Crippen molar-refractivity contribution in [3.8, 4) is 0 Å². The lowest BCUT2D eigenvalue weighted by atomic mass is 10.2. The number of rotatable bonds is 10. The standard InChI is InChI=1S/C23H32N4O4SSi/c1-33(2,3)13-12-30-16-27-22(15-32-18-6-9-29-10-7-18)25-20-14-17(4-5-19(20)23(27)28)24-21-8-11-31-26-21/h4-5,8,11,14,18H,6-7,9-10,12-13,15-16H2,1-3H3,(H,24,26). The van der Waals surface area contributed by atoms with E-state index in [2.05, 4.69) is 30.1 Å². The Hall–Kier alpha value is -2.14. The Bertz CT molecular complexity index is 1110. The number of ether oxygens (including phenoxy) is 2. The molecule has 0 unspecified atom stereocenters. The third kappa shape index (κ3) is 6.69. The first kappa shape index (κ1) is 24.0. The lowest BCUT2D eigenvalue weighted by Crippen LogP contribution is -2.28. The second-order valence-electron chi connectivity index (χ2n) is 9.47. The van der Waals surface area contributed by atoms with Gasteiger partial charge in [0, 0.05) is 44.9 Å².